The molecule has 2 amide bonds. The Morgan fingerprint density at radius 1 is 1.11 bits per heavy atom. The van der Waals surface area contributed by atoms with Crippen LogP contribution in [0.15, 0.2) is 36.5 Å². The highest BCUT2D eigenvalue weighted by Gasteiger charge is 2.27. The third-order valence-electron chi connectivity index (χ3n) is 5.35. The van der Waals surface area contributed by atoms with Crippen molar-refractivity contribution in [2.45, 2.75) is 38.0 Å². The van der Waals surface area contributed by atoms with E-state index in [1.54, 1.807) is 11.1 Å². The number of rotatable bonds is 3. The fourth-order valence-corrected chi connectivity index (χ4v) is 4.23. The second-order valence-corrected chi connectivity index (χ2v) is 7.48. The van der Waals surface area contributed by atoms with Crippen molar-refractivity contribution >= 4 is 29.2 Å². The summed E-state index contributed by atoms with van der Waals surface area (Å²) in [4.78, 5) is 30.5. The van der Waals surface area contributed by atoms with E-state index >= 15 is 0 Å². The van der Waals surface area contributed by atoms with E-state index in [0.717, 1.165) is 55.5 Å². The number of benzene rings is 1. The molecule has 2 saturated heterocycles. The number of hydrogen-bond donors (Lipinski definition) is 1. The van der Waals surface area contributed by atoms with Gasteiger partial charge in [-0.25, -0.2) is 4.98 Å². The van der Waals surface area contributed by atoms with E-state index in [9.17, 15) is 9.59 Å². The Bertz CT molecular complexity index is 866. The van der Waals surface area contributed by atoms with Crippen molar-refractivity contribution in [2.75, 3.05) is 18.0 Å². The third kappa shape index (κ3) is 3.56. The highest BCUT2D eigenvalue weighted by atomic mass is 35.5. The van der Waals surface area contributed by atoms with Gasteiger partial charge in [0.2, 0.25) is 11.8 Å². The Balaban J connectivity index is 1.62. The second-order valence-electron chi connectivity index (χ2n) is 7.10. The maximum Gasteiger partial charge on any atom is 0.228 e. The van der Waals surface area contributed by atoms with Gasteiger partial charge < -0.3 is 5.32 Å². The van der Waals surface area contributed by atoms with E-state index in [1.807, 2.05) is 30.3 Å². The summed E-state index contributed by atoms with van der Waals surface area (Å²) in [5.74, 6) is 0.647. The van der Waals surface area contributed by atoms with Gasteiger partial charge in [-0.15, -0.1) is 0 Å². The first kappa shape index (κ1) is 18.0. The standard InChI is InChI=1S/C21H22ClN3O2/c22-20-15(5-3-6-16(20)17-7-4-11-23-21(17)27)14-9-10-18(24-13-14)25-12-2-1-8-19(25)26/h3,5-6,9-10,13,17H,1-2,4,7-8,11-12H2,(H,23,27). The normalized spacial score (nSPS) is 20.5. The molecule has 27 heavy (non-hydrogen) atoms. The van der Waals surface area contributed by atoms with Gasteiger partial charge in [-0.2, -0.15) is 0 Å². The van der Waals surface area contributed by atoms with Crippen molar-refractivity contribution in [3.05, 3.63) is 47.1 Å². The van der Waals surface area contributed by atoms with Crippen molar-refractivity contribution in [1.82, 2.24) is 10.3 Å². The van der Waals surface area contributed by atoms with Crippen LogP contribution >= 0.6 is 11.6 Å². The van der Waals surface area contributed by atoms with Crippen LogP contribution in [-0.4, -0.2) is 29.9 Å². The van der Waals surface area contributed by atoms with Crippen LogP contribution < -0.4 is 10.2 Å². The lowest BCUT2D eigenvalue weighted by Crippen LogP contribution is -2.35. The lowest BCUT2D eigenvalue weighted by Gasteiger charge is -2.26. The van der Waals surface area contributed by atoms with Gasteiger partial charge >= 0.3 is 0 Å². The SMILES string of the molecule is O=C1NCCCC1c1cccc(-c2ccc(N3CCCCC3=O)nc2)c1Cl. The molecule has 0 aliphatic carbocycles. The number of carbonyl (C=O) groups excluding carboxylic acids is 2. The molecule has 1 aromatic heterocycles. The zero-order valence-corrected chi connectivity index (χ0v) is 15.8. The van der Waals surface area contributed by atoms with Crippen LogP contribution in [0.25, 0.3) is 11.1 Å². The quantitative estimate of drug-likeness (QED) is 0.873. The van der Waals surface area contributed by atoms with Crippen LogP contribution in [0, 0.1) is 0 Å². The van der Waals surface area contributed by atoms with Crippen molar-refractivity contribution in [1.29, 1.82) is 0 Å². The van der Waals surface area contributed by atoms with E-state index in [-0.39, 0.29) is 17.7 Å². The average Bonchev–Trinajstić information content (AvgIpc) is 2.70. The van der Waals surface area contributed by atoms with E-state index in [4.69, 9.17) is 11.6 Å². The van der Waals surface area contributed by atoms with Gasteiger partial charge in [-0.05, 0) is 43.4 Å². The van der Waals surface area contributed by atoms with Crippen LogP contribution in [0.5, 0.6) is 0 Å². The Hall–Kier alpha value is -2.40. The monoisotopic (exact) mass is 383 g/mol. The molecule has 1 aromatic carbocycles. The molecule has 1 N–H and O–H groups in total. The smallest absolute Gasteiger partial charge is 0.228 e. The number of nitrogens with one attached hydrogen (secondary N) is 1. The van der Waals surface area contributed by atoms with Gasteiger partial charge in [0.25, 0.3) is 0 Å². The van der Waals surface area contributed by atoms with Gasteiger partial charge in [0.05, 0.1) is 10.9 Å². The first-order valence-electron chi connectivity index (χ1n) is 9.48. The zero-order chi connectivity index (χ0) is 18.8. The molecule has 6 heteroatoms. The molecule has 0 saturated carbocycles. The summed E-state index contributed by atoms with van der Waals surface area (Å²) in [6.45, 7) is 1.45. The van der Waals surface area contributed by atoms with Crippen molar-refractivity contribution in [3.63, 3.8) is 0 Å². The van der Waals surface area contributed by atoms with E-state index in [2.05, 4.69) is 10.3 Å². The maximum absolute atomic E-state index is 12.2. The summed E-state index contributed by atoms with van der Waals surface area (Å²) in [6.07, 6.45) is 6.06. The number of amides is 2. The van der Waals surface area contributed by atoms with Crippen LogP contribution in [0.3, 0.4) is 0 Å². The molecule has 2 fully saturated rings. The number of pyridine rings is 1. The number of hydrogen-bond acceptors (Lipinski definition) is 3. The molecule has 0 spiro atoms. The van der Waals surface area contributed by atoms with Crippen molar-refractivity contribution in [2.24, 2.45) is 0 Å². The van der Waals surface area contributed by atoms with Crippen molar-refractivity contribution in [3.8, 4) is 11.1 Å². The molecule has 5 nitrogen and oxygen atoms in total. The number of carbonyl (C=O) groups is 2. The highest BCUT2D eigenvalue weighted by Crippen LogP contribution is 2.37. The van der Waals surface area contributed by atoms with E-state index in [0.29, 0.717) is 17.3 Å². The number of anilines is 1. The summed E-state index contributed by atoms with van der Waals surface area (Å²) in [6, 6.07) is 9.61. The number of aromatic nitrogens is 1. The topological polar surface area (TPSA) is 62.3 Å². The molecule has 2 aromatic rings. The number of halogens is 1. The minimum atomic E-state index is -0.204. The summed E-state index contributed by atoms with van der Waals surface area (Å²) in [5.41, 5.74) is 2.60. The third-order valence-corrected chi connectivity index (χ3v) is 5.77. The Morgan fingerprint density at radius 3 is 2.74 bits per heavy atom. The van der Waals surface area contributed by atoms with Crippen LogP contribution in [-0.2, 0) is 9.59 Å². The molecule has 2 aliphatic heterocycles. The molecule has 0 radical (unpaired) electrons. The second kappa shape index (κ2) is 7.69. The molecule has 0 bridgehead atoms. The molecular weight excluding hydrogens is 362 g/mol. The van der Waals surface area contributed by atoms with Crippen molar-refractivity contribution < 1.29 is 9.59 Å². The van der Waals surface area contributed by atoms with Crippen LogP contribution in [0.2, 0.25) is 5.02 Å². The number of nitrogens with zero attached hydrogens (tertiary/aromatic N) is 2. The Morgan fingerprint density at radius 2 is 2.00 bits per heavy atom. The molecule has 3 heterocycles. The fraction of sp³-hybridized carbons (Fsp3) is 0.381. The van der Waals surface area contributed by atoms with Gasteiger partial charge in [0.15, 0.2) is 0 Å². The van der Waals surface area contributed by atoms with Gasteiger partial charge in [-0.1, -0.05) is 29.8 Å². The zero-order valence-electron chi connectivity index (χ0n) is 15.1. The fourth-order valence-electron chi connectivity index (χ4n) is 3.86. The first-order valence-corrected chi connectivity index (χ1v) is 9.86. The van der Waals surface area contributed by atoms with Gasteiger partial charge in [-0.3, -0.25) is 14.5 Å². The van der Waals surface area contributed by atoms with Gasteiger partial charge in [0.1, 0.15) is 5.82 Å². The van der Waals surface area contributed by atoms with E-state index < -0.39 is 0 Å². The minimum absolute atomic E-state index is 0.0392. The summed E-state index contributed by atoms with van der Waals surface area (Å²) < 4.78 is 0. The predicted octanol–water partition coefficient (Wildman–Crippen LogP) is 3.91. The Labute approximate surface area is 163 Å². The summed E-state index contributed by atoms with van der Waals surface area (Å²) in [5, 5.41) is 3.52. The van der Waals surface area contributed by atoms with Crippen LogP contribution in [0.4, 0.5) is 5.82 Å². The largest absolute Gasteiger partial charge is 0.356 e. The molecule has 2 aliphatic rings. The van der Waals surface area contributed by atoms with Gasteiger partial charge in [0, 0.05) is 36.8 Å². The molecule has 140 valence electrons. The van der Waals surface area contributed by atoms with E-state index in [1.165, 1.54) is 0 Å². The lowest BCUT2D eigenvalue weighted by atomic mass is 9.89. The van der Waals surface area contributed by atoms with Crippen LogP contribution in [0.1, 0.15) is 43.6 Å². The highest BCUT2D eigenvalue weighted by molar-refractivity contribution is 6.34. The summed E-state index contributed by atoms with van der Waals surface area (Å²) >= 11 is 6.68. The average molecular weight is 384 g/mol. The molecule has 1 atom stereocenters. The minimum Gasteiger partial charge on any atom is -0.356 e. The maximum atomic E-state index is 12.2. The lowest BCUT2D eigenvalue weighted by molar-refractivity contribution is -0.124. The first-order chi connectivity index (χ1) is 13.1. The molecule has 4 rings (SSSR count). The Kier molecular flexibility index (Phi) is 5.12. The number of piperidine rings is 2. The summed E-state index contributed by atoms with van der Waals surface area (Å²) in [7, 11) is 0. The molecular formula is C21H22ClN3O2. The predicted molar refractivity (Wildman–Crippen MR) is 106 cm³/mol. The molecule has 1 unspecified atom stereocenters.